The van der Waals surface area contributed by atoms with Crippen LogP contribution in [0.4, 0.5) is 10.8 Å². The van der Waals surface area contributed by atoms with Gasteiger partial charge in [0.15, 0.2) is 5.13 Å². The number of anilines is 1. The third-order valence-electron chi connectivity index (χ3n) is 4.81. The van der Waals surface area contributed by atoms with E-state index in [1.807, 2.05) is 38.1 Å². The zero-order valence-corrected chi connectivity index (χ0v) is 19.5. The zero-order chi connectivity index (χ0) is 22.3. The zero-order valence-electron chi connectivity index (χ0n) is 17.1. The summed E-state index contributed by atoms with van der Waals surface area (Å²) in [6.07, 6.45) is 0. The minimum Gasteiger partial charge on any atom is -0.308 e. The van der Waals surface area contributed by atoms with Crippen LogP contribution >= 0.6 is 34.3 Å². The van der Waals surface area contributed by atoms with Crippen molar-refractivity contribution in [2.24, 2.45) is 0 Å². The van der Waals surface area contributed by atoms with Gasteiger partial charge in [-0.1, -0.05) is 22.9 Å². The lowest BCUT2D eigenvalue weighted by Crippen LogP contribution is -2.36. The summed E-state index contributed by atoms with van der Waals surface area (Å²) < 4.78 is 1.75. The number of carbonyl (C=O) groups excluding carboxylic acids is 1. The predicted octanol–water partition coefficient (Wildman–Crippen LogP) is 5.59. The van der Waals surface area contributed by atoms with Crippen LogP contribution in [0.15, 0.2) is 36.4 Å². The normalized spacial score (nSPS) is 11.5. The average molecular weight is 475 g/mol. The van der Waals surface area contributed by atoms with Crippen molar-refractivity contribution in [1.82, 2.24) is 9.88 Å². The number of nitrogens with zero attached hydrogens (tertiary/aromatic N) is 4. The fourth-order valence-electron chi connectivity index (χ4n) is 3.22. The van der Waals surface area contributed by atoms with Crippen molar-refractivity contribution in [3.05, 3.63) is 62.0 Å². The molecule has 2 aromatic heterocycles. The summed E-state index contributed by atoms with van der Waals surface area (Å²) >= 11 is 8.95. The molecule has 0 radical (unpaired) electrons. The molecule has 31 heavy (non-hydrogen) atoms. The first kappa shape index (κ1) is 21.6. The maximum atomic E-state index is 13.5. The molecule has 4 rings (SSSR count). The summed E-state index contributed by atoms with van der Waals surface area (Å²) in [5, 5.41) is 13.0. The number of nitro groups is 1. The molecule has 1 amide bonds. The van der Waals surface area contributed by atoms with Gasteiger partial charge >= 0.3 is 0 Å². The Labute approximate surface area is 191 Å². The molecule has 0 aliphatic carbocycles. The van der Waals surface area contributed by atoms with Gasteiger partial charge < -0.3 is 4.90 Å². The molecule has 0 saturated carbocycles. The van der Waals surface area contributed by atoms with Crippen LogP contribution in [-0.4, -0.2) is 47.9 Å². The van der Waals surface area contributed by atoms with Crippen molar-refractivity contribution >= 4 is 71.3 Å². The minimum atomic E-state index is -0.434. The molecule has 0 aliphatic rings. The van der Waals surface area contributed by atoms with E-state index in [0.717, 1.165) is 20.5 Å². The number of rotatable bonds is 6. The molecule has 0 N–H and O–H groups in total. The minimum absolute atomic E-state index is 0.00675. The van der Waals surface area contributed by atoms with Gasteiger partial charge in [-0.25, -0.2) is 4.98 Å². The number of likely N-dealkylation sites (N-methyl/N-ethyl adjacent to an activating group) is 1. The second kappa shape index (κ2) is 8.51. The Morgan fingerprint density at radius 2 is 1.90 bits per heavy atom. The number of thiophene rings is 1. The van der Waals surface area contributed by atoms with Gasteiger partial charge in [0.25, 0.3) is 11.6 Å². The number of non-ortho nitro benzene ring substituents is 1. The fourth-order valence-corrected chi connectivity index (χ4v) is 5.66. The van der Waals surface area contributed by atoms with E-state index in [1.54, 1.807) is 17.0 Å². The van der Waals surface area contributed by atoms with Crippen molar-refractivity contribution in [2.45, 2.75) is 6.92 Å². The van der Waals surface area contributed by atoms with Crippen LogP contribution in [0.5, 0.6) is 0 Å². The Bertz CT molecular complexity index is 1310. The van der Waals surface area contributed by atoms with Crippen LogP contribution in [0.2, 0.25) is 5.02 Å². The number of hydrogen-bond donors (Lipinski definition) is 0. The first-order chi connectivity index (χ1) is 14.7. The number of fused-ring (bicyclic) bond motifs is 2. The molecule has 0 fully saturated rings. The molecule has 7 nitrogen and oxygen atoms in total. The summed E-state index contributed by atoms with van der Waals surface area (Å²) in [5.41, 5.74) is 1.80. The summed E-state index contributed by atoms with van der Waals surface area (Å²) in [6, 6.07) is 10.1. The number of amides is 1. The monoisotopic (exact) mass is 474 g/mol. The van der Waals surface area contributed by atoms with Crippen LogP contribution in [0.25, 0.3) is 20.3 Å². The van der Waals surface area contributed by atoms with E-state index in [1.165, 1.54) is 34.8 Å². The van der Waals surface area contributed by atoms with E-state index in [-0.39, 0.29) is 11.6 Å². The quantitative estimate of drug-likeness (QED) is 0.269. The fraction of sp³-hybridized carbons (Fsp3) is 0.238. The molecular weight excluding hydrogens is 456 g/mol. The first-order valence-corrected chi connectivity index (χ1v) is 11.5. The lowest BCUT2D eigenvalue weighted by Gasteiger charge is -2.21. The summed E-state index contributed by atoms with van der Waals surface area (Å²) in [5.74, 6) is -0.173. The van der Waals surface area contributed by atoms with E-state index < -0.39 is 4.92 Å². The molecule has 160 valence electrons. The van der Waals surface area contributed by atoms with Crippen LogP contribution in [-0.2, 0) is 0 Å². The highest BCUT2D eigenvalue weighted by atomic mass is 35.5. The van der Waals surface area contributed by atoms with Crippen molar-refractivity contribution in [2.75, 3.05) is 32.1 Å². The highest BCUT2D eigenvalue weighted by Gasteiger charge is 2.24. The van der Waals surface area contributed by atoms with Gasteiger partial charge in [-0.15, -0.1) is 11.3 Å². The highest BCUT2D eigenvalue weighted by molar-refractivity contribution is 7.23. The van der Waals surface area contributed by atoms with Crippen LogP contribution < -0.4 is 4.90 Å². The lowest BCUT2D eigenvalue weighted by atomic mass is 10.2. The molecule has 0 spiro atoms. The van der Waals surface area contributed by atoms with Gasteiger partial charge in [0.1, 0.15) is 0 Å². The van der Waals surface area contributed by atoms with Gasteiger partial charge in [-0.05, 0) is 50.8 Å². The maximum Gasteiger partial charge on any atom is 0.270 e. The Kier molecular flexibility index (Phi) is 5.94. The molecule has 0 unspecified atom stereocenters. The smallest absolute Gasteiger partial charge is 0.270 e. The third-order valence-corrected chi connectivity index (χ3v) is 7.16. The molecule has 0 saturated heterocycles. The van der Waals surface area contributed by atoms with Crippen LogP contribution in [0.3, 0.4) is 0 Å². The summed E-state index contributed by atoms with van der Waals surface area (Å²) in [6.45, 7) is 3.08. The second-order valence-corrected chi connectivity index (χ2v) is 9.95. The van der Waals surface area contributed by atoms with Crippen LogP contribution in [0, 0.1) is 17.0 Å². The van der Waals surface area contributed by atoms with Gasteiger partial charge in [0.05, 0.1) is 20.0 Å². The van der Waals surface area contributed by atoms with Crippen molar-refractivity contribution in [3.8, 4) is 0 Å². The maximum absolute atomic E-state index is 13.5. The van der Waals surface area contributed by atoms with Gasteiger partial charge in [-0.3, -0.25) is 19.8 Å². The van der Waals surface area contributed by atoms with E-state index in [4.69, 9.17) is 16.6 Å². The standard InChI is InChI=1S/C21H19ClN4O3S2/c1-12-8-14(22)11-17-19(12)23-21(31-17)25(7-6-24(2)3)20(27)18-10-13-9-15(26(28)29)4-5-16(13)30-18/h4-5,8-11H,6-7H2,1-3H3. The van der Waals surface area contributed by atoms with Gasteiger partial charge in [-0.2, -0.15) is 0 Å². The third kappa shape index (κ3) is 4.40. The van der Waals surface area contributed by atoms with E-state index in [9.17, 15) is 14.9 Å². The molecule has 0 aliphatic heterocycles. The van der Waals surface area contributed by atoms with E-state index >= 15 is 0 Å². The topological polar surface area (TPSA) is 79.6 Å². The SMILES string of the molecule is Cc1cc(Cl)cc2sc(N(CCN(C)C)C(=O)c3cc4cc([N+](=O)[O-])ccc4s3)nc12. The van der Waals surface area contributed by atoms with Gasteiger partial charge in [0.2, 0.25) is 0 Å². The van der Waals surface area contributed by atoms with Gasteiger partial charge in [0, 0.05) is 40.3 Å². The molecule has 0 bridgehead atoms. The number of carbonyl (C=O) groups is 1. The summed E-state index contributed by atoms with van der Waals surface area (Å²) in [4.78, 5) is 33.1. The Morgan fingerprint density at radius 1 is 1.13 bits per heavy atom. The Morgan fingerprint density at radius 3 is 2.61 bits per heavy atom. The first-order valence-electron chi connectivity index (χ1n) is 9.44. The predicted molar refractivity (Wildman–Crippen MR) is 128 cm³/mol. The number of nitro benzene ring substituents is 1. The Hall–Kier alpha value is -2.59. The lowest BCUT2D eigenvalue weighted by molar-refractivity contribution is -0.384. The molecular formula is C21H19ClN4O3S2. The second-order valence-electron chi connectivity index (χ2n) is 7.42. The van der Waals surface area contributed by atoms with E-state index in [0.29, 0.717) is 33.5 Å². The number of benzene rings is 2. The number of halogens is 1. The van der Waals surface area contributed by atoms with E-state index in [2.05, 4.69) is 0 Å². The highest BCUT2D eigenvalue weighted by Crippen LogP contribution is 2.35. The van der Waals surface area contributed by atoms with Crippen molar-refractivity contribution < 1.29 is 9.72 Å². The van der Waals surface area contributed by atoms with Crippen molar-refractivity contribution in [3.63, 3.8) is 0 Å². The largest absolute Gasteiger partial charge is 0.308 e. The number of thiazole rings is 1. The average Bonchev–Trinajstić information content (AvgIpc) is 3.31. The molecule has 4 aromatic rings. The number of hydrogen-bond acceptors (Lipinski definition) is 7. The number of aryl methyl sites for hydroxylation is 1. The number of aromatic nitrogens is 1. The van der Waals surface area contributed by atoms with Crippen molar-refractivity contribution in [1.29, 1.82) is 0 Å². The Balaban J connectivity index is 1.75. The molecule has 10 heteroatoms. The summed E-state index contributed by atoms with van der Waals surface area (Å²) in [7, 11) is 3.90. The molecule has 0 atom stereocenters. The molecule has 2 heterocycles. The van der Waals surface area contributed by atoms with Crippen LogP contribution in [0.1, 0.15) is 15.2 Å². The molecule has 2 aromatic carbocycles.